The number of nitrogens with zero attached hydrogens (tertiary/aromatic N) is 3. The molecule has 0 spiro atoms. The van der Waals surface area contributed by atoms with Gasteiger partial charge in [0.05, 0.1) is 21.2 Å². The molecule has 1 aliphatic carbocycles. The Labute approximate surface area is 182 Å². The molecule has 1 N–H and O–H groups in total. The third-order valence-corrected chi connectivity index (χ3v) is 6.91. The van der Waals surface area contributed by atoms with E-state index in [0.29, 0.717) is 18.3 Å². The Morgan fingerprint density at radius 3 is 2.93 bits per heavy atom. The number of rotatable bonds is 4. The maximum Gasteiger partial charge on any atom is 0.245 e. The lowest BCUT2D eigenvalue weighted by molar-refractivity contribution is -0.125. The molecule has 5 nitrogen and oxygen atoms in total. The number of piperidine rings is 1. The van der Waals surface area contributed by atoms with E-state index in [2.05, 4.69) is 27.9 Å². The van der Waals surface area contributed by atoms with E-state index in [0.717, 1.165) is 29.4 Å². The zero-order valence-electron chi connectivity index (χ0n) is 15.8. The van der Waals surface area contributed by atoms with E-state index in [4.69, 9.17) is 23.2 Å². The minimum absolute atomic E-state index is 0.0388. The molecule has 8 heteroatoms. The molecule has 1 aromatic heterocycles. The number of carbonyl (C=O) groups excluding carboxylic acids is 1. The standard InChI is InChI=1S/C22H17Cl2FN4O/c1-2-18(30)29-9-13-8-22(13,10-29)12-3-5-16-14(7-12)21(27-11-26-16)28-17-6-4-15(23)19(24)20(17)25/h2-7,11,13H,1,8-10H2,(H,26,27,28)/t13-,22+/m0/s1. The largest absolute Gasteiger partial charge is 0.338 e. The van der Waals surface area contributed by atoms with Crippen LogP contribution in [0.5, 0.6) is 0 Å². The fourth-order valence-electron chi connectivity index (χ4n) is 4.44. The van der Waals surface area contributed by atoms with Crippen molar-refractivity contribution in [1.29, 1.82) is 0 Å². The first-order valence-corrected chi connectivity index (χ1v) is 10.3. The lowest BCUT2D eigenvalue weighted by atomic mass is 9.93. The first-order valence-electron chi connectivity index (χ1n) is 9.50. The quantitative estimate of drug-likeness (QED) is 0.450. The number of hydrogen-bond acceptors (Lipinski definition) is 4. The van der Waals surface area contributed by atoms with Crippen molar-refractivity contribution >= 4 is 51.5 Å². The molecule has 1 amide bonds. The first-order chi connectivity index (χ1) is 14.4. The van der Waals surface area contributed by atoms with Gasteiger partial charge in [-0.15, -0.1) is 0 Å². The third kappa shape index (κ3) is 2.94. The monoisotopic (exact) mass is 442 g/mol. The van der Waals surface area contributed by atoms with E-state index in [-0.39, 0.29) is 27.1 Å². The fraction of sp³-hybridized carbons (Fsp3) is 0.227. The molecular weight excluding hydrogens is 426 g/mol. The van der Waals surface area contributed by atoms with Crippen molar-refractivity contribution in [2.45, 2.75) is 11.8 Å². The Bertz CT molecular complexity index is 1220. The number of benzene rings is 2. The fourth-order valence-corrected chi connectivity index (χ4v) is 4.75. The number of anilines is 2. The molecule has 3 aromatic rings. The summed E-state index contributed by atoms with van der Waals surface area (Å²) >= 11 is 11.8. The summed E-state index contributed by atoms with van der Waals surface area (Å²) in [6.45, 7) is 5.00. The Balaban J connectivity index is 1.52. The van der Waals surface area contributed by atoms with Gasteiger partial charge in [-0.3, -0.25) is 4.79 Å². The van der Waals surface area contributed by atoms with Crippen molar-refractivity contribution in [1.82, 2.24) is 14.9 Å². The van der Waals surface area contributed by atoms with Gasteiger partial charge < -0.3 is 10.2 Å². The smallest absolute Gasteiger partial charge is 0.245 e. The normalized spacial score (nSPS) is 22.1. The van der Waals surface area contributed by atoms with Crippen molar-refractivity contribution in [3.8, 4) is 0 Å². The van der Waals surface area contributed by atoms with Crippen LogP contribution in [0, 0.1) is 11.7 Å². The van der Waals surface area contributed by atoms with E-state index < -0.39 is 5.82 Å². The van der Waals surface area contributed by atoms with Crippen molar-refractivity contribution in [2.75, 3.05) is 18.4 Å². The van der Waals surface area contributed by atoms with Gasteiger partial charge in [-0.25, -0.2) is 14.4 Å². The van der Waals surface area contributed by atoms with Gasteiger partial charge >= 0.3 is 0 Å². The Morgan fingerprint density at radius 2 is 2.13 bits per heavy atom. The first kappa shape index (κ1) is 19.3. The molecule has 2 aliphatic rings. The number of amides is 1. The molecule has 2 heterocycles. The highest BCUT2D eigenvalue weighted by Gasteiger charge is 2.61. The van der Waals surface area contributed by atoms with Crippen molar-refractivity contribution < 1.29 is 9.18 Å². The van der Waals surface area contributed by atoms with Crippen LogP contribution in [0.3, 0.4) is 0 Å². The zero-order valence-corrected chi connectivity index (χ0v) is 17.3. The molecule has 2 fully saturated rings. The van der Waals surface area contributed by atoms with Crippen LogP contribution in [-0.4, -0.2) is 33.9 Å². The highest BCUT2D eigenvalue weighted by molar-refractivity contribution is 6.42. The molecule has 1 aliphatic heterocycles. The van der Waals surface area contributed by atoms with Gasteiger partial charge in [0.1, 0.15) is 12.1 Å². The van der Waals surface area contributed by atoms with Gasteiger partial charge in [0, 0.05) is 23.9 Å². The second-order valence-electron chi connectivity index (χ2n) is 7.78. The summed E-state index contributed by atoms with van der Waals surface area (Å²) in [6.07, 6.45) is 3.83. The molecule has 0 unspecified atom stereocenters. The van der Waals surface area contributed by atoms with E-state index in [1.807, 2.05) is 17.0 Å². The summed E-state index contributed by atoms with van der Waals surface area (Å²) < 4.78 is 14.5. The minimum atomic E-state index is -0.637. The molecule has 0 bridgehead atoms. The van der Waals surface area contributed by atoms with Crippen LogP contribution in [0.15, 0.2) is 49.3 Å². The van der Waals surface area contributed by atoms with Gasteiger partial charge in [0.25, 0.3) is 0 Å². The topological polar surface area (TPSA) is 58.1 Å². The summed E-state index contributed by atoms with van der Waals surface area (Å²) in [5.74, 6) is 0.239. The van der Waals surface area contributed by atoms with E-state index >= 15 is 0 Å². The Kier molecular flexibility index (Phi) is 4.45. The molecule has 2 atom stereocenters. The van der Waals surface area contributed by atoms with Crippen molar-refractivity contribution in [2.24, 2.45) is 5.92 Å². The van der Waals surface area contributed by atoms with Crippen LogP contribution >= 0.6 is 23.2 Å². The van der Waals surface area contributed by atoms with Crippen LogP contribution in [0.1, 0.15) is 12.0 Å². The predicted octanol–water partition coefficient (Wildman–Crippen LogP) is 5.11. The van der Waals surface area contributed by atoms with Crippen LogP contribution in [0.25, 0.3) is 10.9 Å². The number of fused-ring (bicyclic) bond motifs is 2. The summed E-state index contributed by atoms with van der Waals surface area (Å²) in [5, 5.41) is 3.79. The number of aromatic nitrogens is 2. The molecule has 152 valence electrons. The summed E-state index contributed by atoms with van der Waals surface area (Å²) in [7, 11) is 0. The van der Waals surface area contributed by atoms with E-state index in [9.17, 15) is 9.18 Å². The van der Waals surface area contributed by atoms with Crippen molar-refractivity contribution in [3.63, 3.8) is 0 Å². The molecule has 1 saturated carbocycles. The number of hydrogen-bond donors (Lipinski definition) is 1. The molecule has 1 saturated heterocycles. The molecular formula is C22H17Cl2FN4O. The molecule has 2 aromatic carbocycles. The Morgan fingerprint density at radius 1 is 1.30 bits per heavy atom. The molecule has 0 radical (unpaired) electrons. The number of likely N-dealkylation sites (tertiary alicyclic amines) is 1. The van der Waals surface area contributed by atoms with Crippen LogP contribution in [0.4, 0.5) is 15.9 Å². The average Bonchev–Trinajstić information content (AvgIpc) is 3.34. The zero-order chi connectivity index (χ0) is 21.0. The highest BCUT2D eigenvalue weighted by Crippen LogP contribution is 2.59. The lowest BCUT2D eigenvalue weighted by Crippen LogP contribution is -2.31. The lowest BCUT2D eigenvalue weighted by Gasteiger charge is -2.20. The number of halogens is 3. The third-order valence-electron chi connectivity index (χ3n) is 6.13. The van der Waals surface area contributed by atoms with Gasteiger partial charge in [-0.2, -0.15) is 0 Å². The van der Waals surface area contributed by atoms with Gasteiger partial charge in [-0.05, 0) is 48.2 Å². The van der Waals surface area contributed by atoms with E-state index in [1.165, 1.54) is 24.5 Å². The second kappa shape index (κ2) is 6.93. The second-order valence-corrected chi connectivity index (χ2v) is 8.57. The van der Waals surface area contributed by atoms with Crippen LogP contribution in [0.2, 0.25) is 10.0 Å². The maximum absolute atomic E-state index is 14.5. The predicted molar refractivity (Wildman–Crippen MR) is 116 cm³/mol. The highest BCUT2D eigenvalue weighted by atomic mass is 35.5. The number of carbonyl (C=O) groups is 1. The van der Waals surface area contributed by atoms with Gasteiger partial charge in [0.15, 0.2) is 5.82 Å². The van der Waals surface area contributed by atoms with Crippen molar-refractivity contribution in [3.05, 3.63) is 70.7 Å². The molecule has 5 rings (SSSR count). The van der Waals surface area contributed by atoms with Gasteiger partial charge in [-0.1, -0.05) is 35.8 Å². The SMILES string of the molecule is C=CC(=O)N1C[C@@H]2C[C@]2(c2ccc3ncnc(Nc4ccc(Cl)c(Cl)c4F)c3c2)C1. The summed E-state index contributed by atoms with van der Waals surface area (Å²) in [5.41, 5.74) is 2.00. The van der Waals surface area contributed by atoms with Crippen LogP contribution in [-0.2, 0) is 10.2 Å². The van der Waals surface area contributed by atoms with E-state index in [1.54, 1.807) is 0 Å². The minimum Gasteiger partial charge on any atom is -0.338 e. The molecule has 30 heavy (non-hydrogen) atoms. The summed E-state index contributed by atoms with van der Waals surface area (Å²) in [6, 6.07) is 9.08. The number of nitrogens with one attached hydrogen (secondary N) is 1. The maximum atomic E-state index is 14.5. The van der Waals surface area contributed by atoms with Crippen LogP contribution < -0.4 is 5.32 Å². The summed E-state index contributed by atoms with van der Waals surface area (Å²) in [4.78, 5) is 22.5. The Hall–Kier alpha value is -2.70. The average molecular weight is 443 g/mol. The van der Waals surface area contributed by atoms with Gasteiger partial charge in [0.2, 0.25) is 5.91 Å².